The van der Waals surface area contributed by atoms with Crippen LogP contribution in [0.1, 0.15) is 12.0 Å². The van der Waals surface area contributed by atoms with Crippen molar-refractivity contribution < 1.29 is 4.79 Å². The summed E-state index contributed by atoms with van der Waals surface area (Å²) < 4.78 is 0. The maximum absolute atomic E-state index is 11.8. The van der Waals surface area contributed by atoms with Gasteiger partial charge in [-0.1, -0.05) is 12.1 Å². The fraction of sp³-hybridized carbons (Fsp3) is 0.357. The summed E-state index contributed by atoms with van der Waals surface area (Å²) in [5.41, 5.74) is 7.61. The molecular formula is C14H16N2O. The lowest BCUT2D eigenvalue weighted by molar-refractivity contribution is -0.117. The number of terminal acetylenes is 1. The molecule has 0 aromatic heterocycles. The third-order valence-electron chi connectivity index (χ3n) is 3.04. The minimum atomic E-state index is 0.0474. The Morgan fingerprint density at radius 2 is 2.12 bits per heavy atom. The molecule has 0 aliphatic carbocycles. The van der Waals surface area contributed by atoms with E-state index >= 15 is 0 Å². The van der Waals surface area contributed by atoms with Crippen LogP contribution in [0.3, 0.4) is 0 Å². The molecule has 1 aliphatic rings. The Labute approximate surface area is 102 Å². The second-order valence-electron chi connectivity index (χ2n) is 4.28. The summed E-state index contributed by atoms with van der Waals surface area (Å²) in [6.45, 7) is 1.27. The lowest BCUT2D eigenvalue weighted by Crippen LogP contribution is -2.24. The summed E-state index contributed by atoms with van der Waals surface area (Å²) in [6, 6.07) is 7.95. The van der Waals surface area contributed by atoms with Crippen LogP contribution in [0.15, 0.2) is 24.3 Å². The lowest BCUT2D eigenvalue weighted by Gasteiger charge is -2.16. The van der Waals surface area contributed by atoms with Gasteiger partial charge < -0.3 is 10.6 Å². The van der Waals surface area contributed by atoms with Gasteiger partial charge in [-0.05, 0) is 30.7 Å². The Morgan fingerprint density at radius 3 is 2.65 bits per heavy atom. The normalized spacial score (nSPS) is 19.4. The summed E-state index contributed by atoms with van der Waals surface area (Å²) in [5.74, 6) is 2.80. The molecule has 0 saturated carbocycles. The number of carbonyl (C=O) groups is 1. The van der Waals surface area contributed by atoms with E-state index < -0.39 is 0 Å². The van der Waals surface area contributed by atoms with Crippen molar-refractivity contribution in [2.24, 2.45) is 11.7 Å². The molecule has 3 nitrogen and oxygen atoms in total. The molecule has 1 amide bonds. The van der Waals surface area contributed by atoms with Gasteiger partial charge in [0, 0.05) is 24.6 Å². The maximum Gasteiger partial charge on any atom is 0.228 e. The third kappa shape index (κ3) is 2.48. The highest BCUT2D eigenvalue weighted by Gasteiger charge is 2.29. The molecule has 0 spiro atoms. The van der Waals surface area contributed by atoms with Crippen LogP contribution in [0.2, 0.25) is 0 Å². The molecule has 88 valence electrons. The number of hydrogen-bond donors (Lipinski definition) is 1. The zero-order valence-electron chi connectivity index (χ0n) is 9.73. The van der Waals surface area contributed by atoms with Crippen molar-refractivity contribution in [1.29, 1.82) is 0 Å². The average Bonchev–Trinajstić information content (AvgIpc) is 2.72. The topological polar surface area (TPSA) is 46.3 Å². The Bertz CT molecular complexity index is 444. The van der Waals surface area contributed by atoms with E-state index in [0.29, 0.717) is 19.5 Å². The number of amides is 1. The molecule has 1 aromatic rings. The smallest absolute Gasteiger partial charge is 0.228 e. The van der Waals surface area contributed by atoms with E-state index in [1.165, 1.54) is 5.56 Å². The standard InChI is InChI=1S/C14H16N2O/c1-2-11-9-14(17)16(10-11)13-5-3-12(4-6-13)7-8-15/h1,3-6,11H,7-10,15H2. The number of benzene rings is 1. The molecule has 1 saturated heterocycles. The summed E-state index contributed by atoms with van der Waals surface area (Å²) in [4.78, 5) is 13.5. The zero-order valence-corrected chi connectivity index (χ0v) is 9.73. The van der Waals surface area contributed by atoms with Gasteiger partial charge in [-0.15, -0.1) is 12.3 Å². The van der Waals surface area contributed by atoms with Gasteiger partial charge in [0.2, 0.25) is 5.91 Å². The monoisotopic (exact) mass is 228 g/mol. The second kappa shape index (κ2) is 5.03. The van der Waals surface area contributed by atoms with Crippen molar-refractivity contribution in [1.82, 2.24) is 0 Å². The highest BCUT2D eigenvalue weighted by Crippen LogP contribution is 2.24. The SMILES string of the molecule is C#CC1CC(=O)N(c2ccc(CCN)cc2)C1. The molecule has 2 N–H and O–H groups in total. The van der Waals surface area contributed by atoms with Crippen molar-refractivity contribution >= 4 is 11.6 Å². The fourth-order valence-electron chi connectivity index (χ4n) is 2.08. The highest BCUT2D eigenvalue weighted by molar-refractivity contribution is 5.96. The molecule has 1 aromatic carbocycles. The van der Waals surface area contributed by atoms with Crippen molar-refractivity contribution in [3.8, 4) is 12.3 Å². The molecule has 1 fully saturated rings. The Hall–Kier alpha value is -1.79. The molecule has 1 atom stereocenters. The fourth-order valence-corrected chi connectivity index (χ4v) is 2.08. The van der Waals surface area contributed by atoms with Gasteiger partial charge in [-0.2, -0.15) is 0 Å². The van der Waals surface area contributed by atoms with Gasteiger partial charge in [0.05, 0.1) is 0 Å². The summed E-state index contributed by atoms with van der Waals surface area (Å²) in [6.07, 6.45) is 6.68. The number of rotatable bonds is 3. The van der Waals surface area contributed by atoms with Crippen LogP contribution in [0.5, 0.6) is 0 Å². The first-order chi connectivity index (χ1) is 8.24. The van der Waals surface area contributed by atoms with E-state index in [4.69, 9.17) is 12.2 Å². The molecule has 3 heteroatoms. The van der Waals surface area contributed by atoms with E-state index in [1.54, 1.807) is 4.90 Å². The van der Waals surface area contributed by atoms with Crippen molar-refractivity contribution in [2.75, 3.05) is 18.0 Å². The van der Waals surface area contributed by atoms with E-state index in [9.17, 15) is 4.79 Å². The molecule has 1 aliphatic heterocycles. The Morgan fingerprint density at radius 1 is 1.41 bits per heavy atom. The summed E-state index contributed by atoms with van der Waals surface area (Å²) in [5, 5.41) is 0. The summed E-state index contributed by atoms with van der Waals surface area (Å²) in [7, 11) is 0. The number of hydrogen-bond acceptors (Lipinski definition) is 2. The number of anilines is 1. The predicted octanol–water partition coefficient (Wildman–Crippen LogP) is 1.17. The second-order valence-corrected chi connectivity index (χ2v) is 4.28. The largest absolute Gasteiger partial charge is 0.330 e. The van der Waals surface area contributed by atoms with E-state index in [2.05, 4.69) is 5.92 Å². The maximum atomic E-state index is 11.8. The molecule has 17 heavy (non-hydrogen) atoms. The van der Waals surface area contributed by atoms with Crippen molar-refractivity contribution in [3.63, 3.8) is 0 Å². The van der Waals surface area contributed by atoms with Crippen molar-refractivity contribution in [2.45, 2.75) is 12.8 Å². The quantitative estimate of drug-likeness (QED) is 0.789. The van der Waals surface area contributed by atoms with Gasteiger partial charge >= 0.3 is 0 Å². The van der Waals surface area contributed by atoms with Crippen LogP contribution in [0, 0.1) is 18.3 Å². The summed E-state index contributed by atoms with van der Waals surface area (Å²) >= 11 is 0. The predicted molar refractivity (Wildman–Crippen MR) is 68.5 cm³/mol. The van der Waals surface area contributed by atoms with Gasteiger partial charge in [-0.3, -0.25) is 4.79 Å². The number of nitrogens with two attached hydrogens (primary N) is 1. The van der Waals surface area contributed by atoms with Crippen LogP contribution in [0.25, 0.3) is 0 Å². The number of nitrogens with zero attached hydrogens (tertiary/aromatic N) is 1. The minimum absolute atomic E-state index is 0.0474. The Balaban J connectivity index is 2.13. The zero-order chi connectivity index (χ0) is 12.3. The first-order valence-electron chi connectivity index (χ1n) is 5.80. The lowest BCUT2D eigenvalue weighted by atomic mass is 10.1. The van der Waals surface area contributed by atoms with Gasteiger partial charge in [-0.25, -0.2) is 0 Å². The van der Waals surface area contributed by atoms with E-state index in [-0.39, 0.29) is 11.8 Å². The molecule has 1 unspecified atom stereocenters. The van der Waals surface area contributed by atoms with Crippen molar-refractivity contribution in [3.05, 3.63) is 29.8 Å². The van der Waals surface area contributed by atoms with Crippen LogP contribution >= 0.6 is 0 Å². The first-order valence-corrected chi connectivity index (χ1v) is 5.80. The van der Waals surface area contributed by atoms with Gasteiger partial charge in [0.15, 0.2) is 0 Å². The Kier molecular flexibility index (Phi) is 3.46. The van der Waals surface area contributed by atoms with Crippen LogP contribution in [-0.4, -0.2) is 19.0 Å². The first kappa shape index (κ1) is 11.7. The van der Waals surface area contributed by atoms with Gasteiger partial charge in [0.25, 0.3) is 0 Å². The van der Waals surface area contributed by atoms with Crippen LogP contribution < -0.4 is 10.6 Å². The highest BCUT2D eigenvalue weighted by atomic mass is 16.2. The van der Waals surface area contributed by atoms with Gasteiger partial charge in [0.1, 0.15) is 0 Å². The third-order valence-corrected chi connectivity index (χ3v) is 3.04. The molecule has 1 heterocycles. The molecule has 0 radical (unpaired) electrons. The number of carbonyl (C=O) groups excluding carboxylic acids is 1. The van der Waals surface area contributed by atoms with Crippen LogP contribution in [0.4, 0.5) is 5.69 Å². The molecule has 2 rings (SSSR count). The molecular weight excluding hydrogens is 212 g/mol. The minimum Gasteiger partial charge on any atom is -0.330 e. The molecule has 0 bridgehead atoms. The van der Waals surface area contributed by atoms with E-state index in [1.807, 2.05) is 24.3 Å². The van der Waals surface area contributed by atoms with E-state index in [0.717, 1.165) is 12.1 Å². The van der Waals surface area contributed by atoms with Crippen LogP contribution in [-0.2, 0) is 11.2 Å². The average molecular weight is 228 g/mol.